The van der Waals surface area contributed by atoms with Crippen molar-refractivity contribution in [2.45, 2.75) is 18.9 Å². The van der Waals surface area contributed by atoms with Crippen molar-refractivity contribution in [2.24, 2.45) is 0 Å². The van der Waals surface area contributed by atoms with Gasteiger partial charge in [-0.3, -0.25) is 4.79 Å². The number of likely N-dealkylation sites (tertiary alicyclic amines) is 1. The van der Waals surface area contributed by atoms with Gasteiger partial charge in [-0.25, -0.2) is 0 Å². The number of hydrogen-bond donors (Lipinski definition) is 1. The van der Waals surface area contributed by atoms with Gasteiger partial charge in [0.2, 0.25) is 0 Å². The molecule has 1 N–H and O–H groups in total. The normalized spacial score (nSPS) is 15.9. The number of aromatic hydroxyl groups is 1. The second-order valence-electron chi connectivity index (χ2n) is 7.02. The fourth-order valence-corrected chi connectivity index (χ4v) is 4.90. The minimum absolute atomic E-state index is 0.0209. The van der Waals surface area contributed by atoms with Crippen LogP contribution < -0.4 is 4.90 Å². The molecule has 2 aromatic carbocycles. The number of carbonyl (C=O) groups excluding carboxylic acids is 1. The molecule has 0 saturated carbocycles. The number of carbonyl (C=O) groups is 1. The number of phenols is 1. The van der Waals surface area contributed by atoms with Gasteiger partial charge in [0.05, 0.1) is 4.88 Å². The Morgan fingerprint density at radius 2 is 1.96 bits per heavy atom. The minimum Gasteiger partial charge on any atom is -0.508 e. The first kappa shape index (κ1) is 18.3. The molecule has 0 radical (unpaired) electrons. The van der Waals surface area contributed by atoms with E-state index in [0.29, 0.717) is 9.90 Å². The number of phenolic OH excluding ortho intramolecular Hbond substituents is 1. The highest BCUT2D eigenvalue weighted by Crippen LogP contribution is 2.33. The Hall–Kier alpha value is -2.08. The number of benzene rings is 2. The summed E-state index contributed by atoms with van der Waals surface area (Å²) in [5.74, 6) is 0.147. The number of nitrogens with zero attached hydrogens (tertiary/aromatic N) is 2. The smallest absolute Gasteiger partial charge is 0.268 e. The molecular weight excluding hydrogens is 380 g/mol. The lowest BCUT2D eigenvalue weighted by atomic mass is 10.0. The summed E-state index contributed by atoms with van der Waals surface area (Å²) < 4.78 is 1.00. The maximum Gasteiger partial charge on any atom is 0.268 e. The van der Waals surface area contributed by atoms with E-state index in [-0.39, 0.29) is 17.7 Å². The van der Waals surface area contributed by atoms with Crippen LogP contribution in [0.4, 0.5) is 5.69 Å². The molecule has 0 spiro atoms. The second kappa shape index (κ2) is 7.50. The Labute approximate surface area is 167 Å². The van der Waals surface area contributed by atoms with Crippen molar-refractivity contribution in [3.05, 3.63) is 58.4 Å². The Kier molecular flexibility index (Phi) is 5.08. The SMILES string of the molecule is CN1CCC(N(C(=O)c2cc3ccc(Cl)cc3s2)c2cccc(O)c2)CC1. The van der Waals surface area contributed by atoms with E-state index in [1.807, 2.05) is 35.2 Å². The van der Waals surface area contributed by atoms with Crippen LogP contribution in [0.15, 0.2) is 48.5 Å². The van der Waals surface area contributed by atoms with E-state index in [1.54, 1.807) is 18.2 Å². The fraction of sp³-hybridized carbons (Fsp3) is 0.286. The molecule has 0 atom stereocenters. The molecule has 3 aromatic rings. The summed E-state index contributed by atoms with van der Waals surface area (Å²) in [7, 11) is 2.10. The molecule has 1 aromatic heterocycles. The quantitative estimate of drug-likeness (QED) is 0.672. The summed E-state index contributed by atoms with van der Waals surface area (Å²) in [6, 6.07) is 14.7. The number of rotatable bonds is 3. The lowest BCUT2D eigenvalue weighted by molar-refractivity contribution is 0.0967. The van der Waals surface area contributed by atoms with Gasteiger partial charge < -0.3 is 14.9 Å². The third-order valence-corrected chi connectivity index (χ3v) is 6.39. The molecule has 1 fully saturated rings. The molecule has 0 unspecified atom stereocenters. The largest absolute Gasteiger partial charge is 0.508 e. The third-order valence-electron chi connectivity index (χ3n) is 5.07. The highest BCUT2D eigenvalue weighted by atomic mass is 35.5. The van der Waals surface area contributed by atoms with E-state index in [4.69, 9.17) is 11.6 Å². The first-order chi connectivity index (χ1) is 13.0. The summed E-state index contributed by atoms with van der Waals surface area (Å²) >= 11 is 7.56. The standard InChI is InChI=1S/C21H21ClN2O2S/c1-23-9-7-16(8-10-23)24(17-3-2-4-18(25)13-17)21(26)20-11-14-5-6-15(22)12-19(14)27-20/h2-6,11-13,16,25H,7-10H2,1H3. The summed E-state index contributed by atoms with van der Waals surface area (Å²) in [6.45, 7) is 1.91. The average Bonchev–Trinajstić information content (AvgIpc) is 3.07. The summed E-state index contributed by atoms with van der Waals surface area (Å²) in [6.07, 6.45) is 1.82. The Morgan fingerprint density at radius 1 is 1.19 bits per heavy atom. The van der Waals surface area contributed by atoms with Crippen LogP contribution in [-0.4, -0.2) is 42.1 Å². The van der Waals surface area contributed by atoms with E-state index < -0.39 is 0 Å². The van der Waals surface area contributed by atoms with Crippen LogP contribution in [-0.2, 0) is 0 Å². The second-order valence-corrected chi connectivity index (χ2v) is 8.54. The van der Waals surface area contributed by atoms with Crippen molar-refractivity contribution in [1.29, 1.82) is 0 Å². The van der Waals surface area contributed by atoms with Crippen LogP contribution >= 0.6 is 22.9 Å². The molecule has 4 rings (SSSR count). The van der Waals surface area contributed by atoms with Crippen LogP contribution in [0.2, 0.25) is 5.02 Å². The number of anilines is 1. The molecule has 4 nitrogen and oxygen atoms in total. The predicted octanol–water partition coefficient (Wildman–Crippen LogP) is 5.00. The Balaban J connectivity index is 1.73. The van der Waals surface area contributed by atoms with Gasteiger partial charge in [0.15, 0.2) is 0 Å². The van der Waals surface area contributed by atoms with Crippen molar-refractivity contribution in [2.75, 3.05) is 25.0 Å². The molecule has 140 valence electrons. The van der Waals surface area contributed by atoms with Gasteiger partial charge in [-0.05, 0) is 68.7 Å². The lowest BCUT2D eigenvalue weighted by Gasteiger charge is -2.37. The minimum atomic E-state index is -0.0209. The predicted molar refractivity (Wildman–Crippen MR) is 112 cm³/mol. The summed E-state index contributed by atoms with van der Waals surface area (Å²) in [5.41, 5.74) is 0.741. The van der Waals surface area contributed by atoms with Gasteiger partial charge in [-0.1, -0.05) is 23.7 Å². The van der Waals surface area contributed by atoms with Crippen LogP contribution in [0.5, 0.6) is 5.75 Å². The Bertz CT molecular complexity index is 979. The van der Waals surface area contributed by atoms with Crippen molar-refractivity contribution in [1.82, 2.24) is 4.90 Å². The molecule has 0 aliphatic carbocycles. The van der Waals surface area contributed by atoms with Gasteiger partial charge >= 0.3 is 0 Å². The molecule has 1 saturated heterocycles. The van der Waals surface area contributed by atoms with Crippen molar-refractivity contribution in [3.8, 4) is 5.75 Å². The molecule has 27 heavy (non-hydrogen) atoms. The summed E-state index contributed by atoms with van der Waals surface area (Å²) in [4.78, 5) is 18.3. The zero-order chi connectivity index (χ0) is 19.0. The van der Waals surface area contributed by atoms with Gasteiger partial charge in [0.1, 0.15) is 5.75 Å². The van der Waals surface area contributed by atoms with Crippen LogP contribution in [0.25, 0.3) is 10.1 Å². The monoisotopic (exact) mass is 400 g/mol. The van der Waals surface area contributed by atoms with Gasteiger partial charge in [0.25, 0.3) is 5.91 Å². The molecule has 1 amide bonds. The zero-order valence-electron chi connectivity index (χ0n) is 15.1. The van der Waals surface area contributed by atoms with Crippen LogP contribution in [0, 0.1) is 0 Å². The molecule has 2 heterocycles. The van der Waals surface area contributed by atoms with Crippen LogP contribution in [0.1, 0.15) is 22.5 Å². The molecule has 1 aliphatic heterocycles. The summed E-state index contributed by atoms with van der Waals surface area (Å²) in [5, 5.41) is 11.6. The maximum absolute atomic E-state index is 13.5. The van der Waals surface area contributed by atoms with Gasteiger partial charge in [0, 0.05) is 27.5 Å². The first-order valence-corrected chi connectivity index (χ1v) is 10.2. The topological polar surface area (TPSA) is 43.8 Å². The van der Waals surface area contributed by atoms with E-state index in [9.17, 15) is 9.90 Å². The number of thiophene rings is 1. The number of fused-ring (bicyclic) bond motifs is 1. The molecule has 1 aliphatic rings. The van der Waals surface area contributed by atoms with E-state index in [2.05, 4.69) is 11.9 Å². The number of piperidine rings is 1. The van der Waals surface area contributed by atoms with Crippen molar-refractivity contribution < 1.29 is 9.90 Å². The zero-order valence-corrected chi connectivity index (χ0v) is 16.6. The molecule has 0 bridgehead atoms. The highest BCUT2D eigenvalue weighted by Gasteiger charge is 2.30. The fourth-order valence-electron chi connectivity index (χ4n) is 3.62. The van der Waals surface area contributed by atoms with E-state index >= 15 is 0 Å². The highest BCUT2D eigenvalue weighted by molar-refractivity contribution is 7.21. The number of hydrogen-bond acceptors (Lipinski definition) is 4. The molecular formula is C21H21ClN2O2S. The third kappa shape index (κ3) is 3.81. The van der Waals surface area contributed by atoms with Crippen molar-refractivity contribution in [3.63, 3.8) is 0 Å². The number of amides is 1. The lowest BCUT2D eigenvalue weighted by Crippen LogP contribution is -2.46. The number of halogens is 1. The van der Waals surface area contributed by atoms with Crippen LogP contribution in [0.3, 0.4) is 0 Å². The maximum atomic E-state index is 13.5. The van der Waals surface area contributed by atoms with E-state index in [0.717, 1.165) is 41.7 Å². The first-order valence-electron chi connectivity index (χ1n) is 9.01. The van der Waals surface area contributed by atoms with Crippen molar-refractivity contribution >= 4 is 44.6 Å². The average molecular weight is 401 g/mol. The van der Waals surface area contributed by atoms with Gasteiger partial charge in [-0.15, -0.1) is 11.3 Å². The van der Waals surface area contributed by atoms with Gasteiger partial charge in [-0.2, -0.15) is 0 Å². The van der Waals surface area contributed by atoms with E-state index in [1.165, 1.54) is 11.3 Å². The Morgan fingerprint density at radius 3 is 2.70 bits per heavy atom. The molecule has 6 heteroatoms.